The second-order valence-electron chi connectivity index (χ2n) is 7.62. The number of aromatic nitrogens is 2. The van der Waals surface area contributed by atoms with Gasteiger partial charge in [0.2, 0.25) is 5.88 Å². The minimum Gasteiger partial charge on any atom is -0.389 e. The van der Waals surface area contributed by atoms with Crippen LogP contribution in [0.25, 0.3) is 0 Å². The van der Waals surface area contributed by atoms with Crippen LogP contribution in [0.1, 0.15) is 11.1 Å². The van der Waals surface area contributed by atoms with Crippen LogP contribution < -0.4 is 10.1 Å². The van der Waals surface area contributed by atoms with Gasteiger partial charge in [0.05, 0.1) is 18.1 Å². The van der Waals surface area contributed by atoms with E-state index in [9.17, 15) is 22.4 Å². The van der Waals surface area contributed by atoms with E-state index in [-0.39, 0.29) is 23.9 Å². The highest BCUT2D eigenvalue weighted by Gasteiger charge is 2.53. The lowest BCUT2D eigenvalue weighted by molar-refractivity contribution is -0.137. The number of alkyl halides is 3. The average Bonchev–Trinajstić information content (AvgIpc) is 2.99. The molecule has 1 N–H and O–H groups in total. The fraction of sp³-hybridized carbons (Fsp3) is 0.474. The molecule has 10 heteroatoms. The van der Waals surface area contributed by atoms with Gasteiger partial charge in [-0.1, -0.05) is 0 Å². The van der Waals surface area contributed by atoms with Crippen LogP contribution in [0.5, 0.6) is 5.88 Å². The predicted molar refractivity (Wildman–Crippen MR) is 94.4 cm³/mol. The number of rotatable bonds is 5. The smallest absolute Gasteiger partial charge is 0.389 e. The van der Waals surface area contributed by atoms with Gasteiger partial charge in [-0.05, 0) is 54.6 Å². The molecule has 6 nitrogen and oxygen atoms in total. The Labute approximate surface area is 164 Å². The largest absolute Gasteiger partial charge is 0.416 e. The molecule has 1 aromatic carbocycles. The summed E-state index contributed by atoms with van der Waals surface area (Å²) in [6.07, 6.45) is -2.42. The van der Waals surface area contributed by atoms with E-state index in [1.807, 2.05) is 0 Å². The number of nitrogens with zero attached hydrogens (tertiary/aromatic N) is 3. The minimum atomic E-state index is -4.67. The Bertz CT molecular complexity index is 904. The van der Waals surface area contributed by atoms with Crippen molar-refractivity contribution in [3.8, 4) is 5.88 Å². The lowest BCUT2D eigenvalue weighted by Gasteiger charge is -2.23. The molecule has 1 aliphatic carbocycles. The van der Waals surface area contributed by atoms with Crippen molar-refractivity contribution < 1.29 is 27.1 Å². The number of halogens is 4. The van der Waals surface area contributed by atoms with Crippen LogP contribution in [0.2, 0.25) is 0 Å². The SMILES string of the molecule is Cn1cnc(OC(=O)N(Cc2cc(F)cc(C(F)(F)F)c2)CC2C3CNCC32)c1. The van der Waals surface area contributed by atoms with Gasteiger partial charge < -0.3 is 19.5 Å². The zero-order valence-corrected chi connectivity index (χ0v) is 15.6. The Morgan fingerprint density at radius 2 is 2.03 bits per heavy atom. The molecule has 0 radical (unpaired) electrons. The predicted octanol–water partition coefficient (Wildman–Crippen LogP) is 3.04. The highest BCUT2D eigenvalue weighted by Crippen LogP contribution is 2.49. The molecule has 2 atom stereocenters. The number of carbonyl (C=O) groups is 1. The standard InChI is InChI=1S/C19H20F4N4O2/c1-26-9-17(25-10-26)29-18(28)27(8-16-14-5-24-6-15(14)16)7-11-2-12(19(21,22)23)4-13(20)3-11/h2-4,9-10,14-16,24H,5-8H2,1H3. The van der Waals surface area contributed by atoms with Gasteiger partial charge in [-0.25, -0.2) is 14.2 Å². The molecule has 1 amide bonds. The third-order valence-corrected chi connectivity index (χ3v) is 5.49. The van der Waals surface area contributed by atoms with Crippen molar-refractivity contribution in [2.45, 2.75) is 12.7 Å². The number of nitrogens with one attached hydrogen (secondary N) is 1. The molecular weight excluding hydrogens is 392 g/mol. The van der Waals surface area contributed by atoms with Crippen molar-refractivity contribution in [1.82, 2.24) is 19.8 Å². The molecule has 0 spiro atoms. The maximum absolute atomic E-state index is 13.8. The zero-order chi connectivity index (χ0) is 20.8. The maximum atomic E-state index is 13.8. The number of piperidine rings is 1. The summed E-state index contributed by atoms with van der Waals surface area (Å²) in [7, 11) is 1.71. The molecule has 29 heavy (non-hydrogen) atoms. The van der Waals surface area contributed by atoms with Gasteiger partial charge in [0.1, 0.15) is 5.82 Å². The van der Waals surface area contributed by atoms with E-state index in [0.29, 0.717) is 24.4 Å². The lowest BCUT2D eigenvalue weighted by Crippen LogP contribution is -2.36. The molecule has 2 aliphatic rings. The van der Waals surface area contributed by atoms with Gasteiger partial charge in [0.15, 0.2) is 0 Å². The summed E-state index contributed by atoms with van der Waals surface area (Å²) in [6, 6.07) is 2.31. The van der Waals surface area contributed by atoms with Crippen LogP contribution in [-0.2, 0) is 19.8 Å². The van der Waals surface area contributed by atoms with Crippen molar-refractivity contribution in [2.24, 2.45) is 24.8 Å². The number of ether oxygens (including phenoxy) is 1. The van der Waals surface area contributed by atoms with Crippen molar-refractivity contribution in [3.05, 3.63) is 47.7 Å². The van der Waals surface area contributed by atoms with E-state index >= 15 is 0 Å². The summed E-state index contributed by atoms with van der Waals surface area (Å²) < 4.78 is 59.7. The van der Waals surface area contributed by atoms with Crippen LogP contribution in [0.15, 0.2) is 30.7 Å². The third-order valence-electron chi connectivity index (χ3n) is 5.49. The molecule has 1 aromatic heterocycles. The lowest BCUT2D eigenvalue weighted by atomic mass is 10.1. The highest BCUT2D eigenvalue weighted by molar-refractivity contribution is 5.70. The Morgan fingerprint density at radius 1 is 1.31 bits per heavy atom. The van der Waals surface area contributed by atoms with E-state index in [2.05, 4.69) is 10.3 Å². The zero-order valence-electron chi connectivity index (χ0n) is 15.6. The summed E-state index contributed by atoms with van der Waals surface area (Å²) in [6.45, 7) is 1.86. The van der Waals surface area contributed by atoms with Crippen molar-refractivity contribution in [3.63, 3.8) is 0 Å². The third kappa shape index (κ3) is 4.36. The number of fused-ring (bicyclic) bond motifs is 1. The molecule has 1 aliphatic heterocycles. The second-order valence-corrected chi connectivity index (χ2v) is 7.62. The first-order valence-electron chi connectivity index (χ1n) is 9.23. The van der Waals surface area contributed by atoms with Crippen LogP contribution in [0.4, 0.5) is 22.4 Å². The number of imidazole rings is 1. The monoisotopic (exact) mass is 412 g/mol. The van der Waals surface area contributed by atoms with E-state index in [1.165, 1.54) is 17.4 Å². The van der Waals surface area contributed by atoms with E-state index in [0.717, 1.165) is 25.2 Å². The fourth-order valence-corrected chi connectivity index (χ4v) is 4.00. The first-order chi connectivity index (χ1) is 13.7. The van der Waals surface area contributed by atoms with Gasteiger partial charge in [0.25, 0.3) is 0 Å². The van der Waals surface area contributed by atoms with E-state index in [4.69, 9.17) is 4.74 Å². The number of carbonyl (C=O) groups excluding carboxylic acids is 1. The molecule has 1 saturated carbocycles. The molecule has 4 rings (SSSR count). The van der Waals surface area contributed by atoms with E-state index < -0.39 is 23.7 Å². The highest BCUT2D eigenvalue weighted by atomic mass is 19.4. The van der Waals surface area contributed by atoms with Gasteiger partial charge in [-0.2, -0.15) is 13.2 Å². The first kappa shape index (κ1) is 19.7. The number of benzene rings is 1. The van der Waals surface area contributed by atoms with Gasteiger partial charge in [0, 0.05) is 20.1 Å². The molecular formula is C19H20F4N4O2. The molecule has 0 bridgehead atoms. The quantitative estimate of drug-likeness (QED) is 0.767. The molecule has 156 valence electrons. The fourth-order valence-electron chi connectivity index (χ4n) is 4.00. The minimum absolute atomic E-state index is 0.0548. The number of aryl methyl sites for hydroxylation is 1. The van der Waals surface area contributed by atoms with Crippen molar-refractivity contribution in [2.75, 3.05) is 19.6 Å². The van der Waals surface area contributed by atoms with Crippen LogP contribution in [-0.4, -0.2) is 40.2 Å². The summed E-state index contributed by atoms with van der Waals surface area (Å²) >= 11 is 0. The van der Waals surface area contributed by atoms with Crippen molar-refractivity contribution in [1.29, 1.82) is 0 Å². The maximum Gasteiger partial charge on any atom is 0.416 e. The van der Waals surface area contributed by atoms with E-state index in [1.54, 1.807) is 11.6 Å². The second kappa shape index (κ2) is 7.33. The summed E-state index contributed by atoms with van der Waals surface area (Å²) in [5.74, 6) is 0.232. The van der Waals surface area contributed by atoms with Crippen LogP contribution >= 0.6 is 0 Å². The molecule has 2 fully saturated rings. The van der Waals surface area contributed by atoms with Crippen LogP contribution in [0, 0.1) is 23.6 Å². The van der Waals surface area contributed by atoms with Gasteiger partial charge >= 0.3 is 12.3 Å². The Kier molecular flexibility index (Phi) is 4.97. The molecule has 2 aromatic rings. The number of hydrogen-bond acceptors (Lipinski definition) is 4. The topological polar surface area (TPSA) is 59.4 Å². The van der Waals surface area contributed by atoms with Crippen LogP contribution in [0.3, 0.4) is 0 Å². The first-order valence-corrected chi connectivity index (χ1v) is 9.23. The number of hydrogen-bond donors (Lipinski definition) is 1. The van der Waals surface area contributed by atoms with Gasteiger partial charge in [-0.15, -0.1) is 0 Å². The molecule has 2 unspecified atom stereocenters. The Balaban J connectivity index is 1.53. The molecule has 1 saturated heterocycles. The molecule has 2 heterocycles. The average molecular weight is 412 g/mol. The Hall–Kier alpha value is -2.62. The van der Waals surface area contributed by atoms with Crippen molar-refractivity contribution >= 4 is 6.09 Å². The number of amides is 1. The van der Waals surface area contributed by atoms with Gasteiger partial charge in [-0.3, -0.25) is 0 Å². The summed E-state index contributed by atoms with van der Waals surface area (Å²) in [5, 5.41) is 3.26. The normalized spacial score (nSPS) is 23.0. The summed E-state index contributed by atoms with van der Waals surface area (Å²) in [5.41, 5.74) is -1.03. The summed E-state index contributed by atoms with van der Waals surface area (Å²) in [4.78, 5) is 18.0. The Morgan fingerprint density at radius 3 is 2.66 bits per heavy atom.